The smallest absolute Gasteiger partial charge is 0.237 e. The Bertz CT molecular complexity index is 310. The summed E-state index contributed by atoms with van der Waals surface area (Å²) in [5.41, 5.74) is 5.40. The summed E-state index contributed by atoms with van der Waals surface area (Å²) in [7, 11) is 0. The Morgan fingerprint density at radius 1 is 1.05 bits per heavy atom. The lowest BCUT2D eigenvalue weighted by Crippen LogP contribution is -2.58. The van der Waals surface area contributed by atoms with Gasteiger partial charge < -0.3 is 11.1 Å². The van der Waals surface area contributed by atoms with Crippen molar-refractivity contribution in [1.82, 2.24) is 5.32 Å². The van der Waals surface area contributed by atoms with Crippen LogP contribution >= 0.6 is 0 Å². The maximum Gasteiger partial charge on any atom is 0.237 e. The number of carbonyl (C=O) groups is 1. The van der Waals surface area contributed by atoms with Crippen molar-refractivity contribution in [3.8, 4) is 0 Å². The fraction of sp³-hybridized carbons (Fsp3) is 0.941. The minimum absolute atomic E-state index is 0.112. The van der Waals surface area contributed by atoms with E-state index >= 15 is 0 Å². The van der Waals surface area contributed by atoms with Gasteiger partial charge in [0.15, 0.2) is 0 Å². The first-order valence-electron chi connectivity index (χ1n) is 8.74. The van der Waals surface area contributed by atoms with Gasteiger partial charge in [-0.15, -0.1) is 0 Å². The molecule has 2 saturated carbocycles. The Labute approximate surface area is 124 Å². The van der Waals surface area contributed by atoms with E-state index < -0.39 is 5.54 Å². The molecule has 2 fully saturated rings. The molecule has 3 N–H and O–H groups in total. The molecule has 0 aliphatic heterocycles. The third-order valence-electron chi connectivity index (χ3n) is 5.58. The van der Waals surface area contributed by atoms with Crippen LogP contribution in [0.3, 0.4) is 0 Å². The summed E-state index contributed by atoms with van der Waals surface area (Å²) in [4.78, 5) is 12.1. The monoisotopic (exact) mass is 280 g/mol. The second-order valence-electron chi connectivity index (χ2n) is 6.98. The van der Waals surface area contributed by atoms with Crippen LogP contribution in [-0.4, -0.2) is 17.5 Å². The molecule has 1 amide bonds. The van der Waals surface area contributed by atoms with E-state index in [-0.39, 0.29) is 5.91 Å². The van der Waals surface area contributed by atoms with Crippen molar-refractivity contribution in [2.75, 3.05) is 0 Å². The van der Waals surface area contributed by atoms with Gasteiger partial charge in [0, 0.05) is 6.04 Å². The molecule has 2 aliphatic carbocycles. The molecule has 2 aliphatic rings. The molecule has 2 atom stereocenters. The summed E-state index contributed by atoms with van der Waals surface area (Å²) < 4.78 is 0. The van der Waals surface area contributed by atoms with Gasteiger partial charge in [-0.3, -0.25) is 4.79 Å². The summed E-state index contributed by atoms with van der Waals surface area (Å²) in [5.74, 6) is 0.672. The van der Waals surface area contributed by atoms with E-state index in [4.69, 9.17) is 5.73 Å². The predicted octanol–water partition coefficient (Wildman–Crippen LogP) is 3.51. The molecule has 2 rings (SSSR count). The van der Waals surface area contributed by atoms with Gasteiger partial charge in [-0.1, -0.05) is 51.9 Å². The highest BCUT2D eigenvalue weighted by Gasteiger charge is 2.39. The molecule has 0 aromatic rings. The molecular weight excluding hydrogens is 248 g/mol. The largest absolute Gasteiger partial charge is 0.368 e. The Morgan fingerprint density at radius 2 is 1.75 bits per heavy atom. The third-order valence-corrected chi connectivity index (χ3v) is 5.58. The maximum absolute atomic E-state index is 12.1. The van der Waals surface area contributed by atoms with Crippen molar-refractivity contribution in [2.24, 2.45) is 11.7 Å². The summed E-state index contributed by atoms with van der Waals surface area (Å²) >= 11 is 0. The van der Waals surface area contributed by atoms with Gasteiger partial charge in [-0.05, 0) is 38.0 Å². The molecule has 3 heteroatoms. The molecule has 0 radical (unpaired) electrons. The van der Waals surface area contributed by atoms with Gasteiger partial charge in [0.05, 0.1) is 5.54 Å². The van der Waals surface area contributed by atoms with Crippen molar-refractivity contribution in [3.05, 3.63) is 0 Å². The van der Waals surface area contributed by atoms with Crippen LogP contribution in [0.4, 0.5) is 0 Å². The van der Waals surface area contributed by atoms with Gasteiger partial charge in [-0.2, -0.15) is 0 Å². The highest BCUT2D eigenvalue weighted by molar-refractivity contribution is 5.84. The zero-order valence-electron chi connectivity index (χ0n) is 13.1. The first-order chi connectivity index (χ1) is 9.66. The van der Waals surface area contributed by atoms with Crippen LogP contribution in [0.5, 0.6) is 0 Å². The van der Waals surface area contributed by atoms with Crippen molar-refractivity contribution in [2.45, 2.75) is 95.6 Å². The van der Waals surface area contributed by atoms with E-state index in [1.807, 2.05) is 0 Å². The minimum atomic E-state index is -0.418. The molecule has 2 unspecified atom stereocenters. The van der Waals surface area contributed by atoms with Crippen molar-refractivity contribution < 1.29 is 4.79 Å². The van der Waals surface area contributed by atoms with Crippen LogP contribution in [0.15, 0.2) is 0 Å². The number of primary amides is 1. The molecule has 0 aromatic carbocycles. The van der Waals surface area contributed by atoms with E-state index in [2.05, 4.69) is 12.2 Å². The fourth-order valence-corrected chi connectivity index (χ4v) is 4.10. The number of amides is 1. The van der Waals surface area contributed by atoms with Gasteiger partial charge in [0.25, 0.3) is 0 Å². The summed E-state index contributed by atoms with van der Waals surface area (Å²) in [5, 5.41) is 3.72. The average molecular weight is 280 g/mol. The number of hydrogen-bond acceptors (Lipinski definition) is 2. The van der Waals surface area contributed by atoms with Crippen molar-refractivity contribution in [1.29, 1.82) is 0 Å². The van der Waals surface area contributed by atoms with Crippen LogP contribution in [0.1, 0.15) is 84.0 Å². The first-order valence-corrected chi connectivity index (χ1v) is 8.74. The summed E-state index contributed by atoms with van der Waals surface area (Å²) in [6.07, 6.45) is 14.4. The first kappa shape index (κ1) is 15.8. The Kier molecular flexibility index (Phi) is 5.88. The highest BCUT2D eigenvalue weighted by Crippen LogP contribution is 2.33. The van der Waals surface area contributed by atoms with Crippen LogP contribution in [0.2, 0.25) is 0 Å². The molecule has 0 spiro atoms. The number of rotatable bonds is 4. The van der Waals surface area contributed by atoms with E-state index in [9.17, 15) is 4.79 Å². The van der Waals surface area contributed by atoms with Crippen molar-refractivity contribution in [3.63, 3.8) is 0 Å². The molecule has 3 nitrogen and oxygen atoms in total. The molecule has 0 bridgehead atoms. The van der Waals surface area contributed by atoms with Gasteiger partial charge in [-0.25, -0.2) is 0 Å². The molecule has 0 aromatic heterocycles. The topological polar surface area (TPSA) is 55.1 Å². The maximum atomic E-state index is 12.1. The zero-order chi connectivity index (χ0) is 14.4. The second kappa shape index (κ2) is 7.44. The summed E-state index contributed by atoms with van der Waals surface area (Å²) in [6.45, 7) is 2.26. The van der Waals surface area contributed by atoms with E-state index in [0.717, 1.165) is 31.6 Å². The minimum Gasteiger partial charge on any atom is -0.368 e. The van der Waals surface area contributed by atoms with Crippen LogP contribution < -0.4 is 11.1 Å². The average Bonchev–Trinajstić information content (AvgIpc) is 2.80. The quantitative estimate of drug-likeness (QED) is 0.774. The Morgan fingerprint density at radius 3 is 2.35 bits per heavy atom. The molecule has 0 heterocycles. The lowest BCUT2D eigenvalue weighted by atomic mass is 9.86. The van der Waals surface area contributed by atoms with Gasteiger partial charge >= 0.3 is 0 Å². The van der Waals surface area contributed by atoms with Gasteiger partial charge in [0.2, 0.25) is 5.91 Å². The Balaban J connectivity index is 2.02. The molecular formula is C17H32N2O. The highest BCUT2D eigenvalue weighted by atomic mass is 16.1. The normalized spacial score (nSPS) is 33.4. The SMILES string of the molecule is CCC1CCCC(NC2CCCCCC2)(C(N)=O)CC1. The number of carbonyl (C=O) groups excluding carboxylic acids is 1. The van der Waals surface area contributed by atoms with Gasteiger partial charge in [0.1, 0.15) is 0 Å². The van der Waals surface area contributed by atoms with E-state index in [1.165, 1.54) is 51.4 Å². The number of nitrogens with two attached hydrogens (primary N) is 1. The Hall–Kier alpha value is -0.570. The lowest BCUT2D eigenvalue weighted by Gasteiger charge is -2.35. The second-order valence-corrected chi connectivity index (χ2v) is 6.98. The number of hydrogen-bond donors (Lipinski definition) is 2. The molecule has 0 saturated heterocycles. The van der Waals surface area contributed by atoms with Crippen LogP contribution in [0, 0.1) is 5.92 Å². The zero-order valence-corrected chi connectivity index (χ0v) is 13.1. The van der Waals surface area contributed by atoms with E-state index in [0.29, 0.717) is 6.04 Å². The lowest BCUT2D eigenvalue weighted by molar-refractivity contribution is -0.125. The summed E-state index contributed by atoms with van der Waals surface area (Å²) in [6, 6.07) is 0.503. The van der Waals surface area contributed by atoms with Crippen molar-refractivity contribution >= 4 is 5.91 Å². The van der Waals surface area contributed by atoms with E-state index in [1.54, 1.807) is 0 Å². The standard InChI is InChI=1S/C17H32N2O/c1-2-14-8-7-12-17(13-11-14,16(18)20)19-15-9-5-3-4-6-10-15/h14-15,19H,2-13H2,1H3,(H2,18,20). The van der Waals surface area contributed by atoms with Crippen LogP contribution in [0.25, 0.3) is 0 Å². The van der Waals surface area contributed by atoms with Crippen LogP contribution in [-0.2, 0) is 4.79 Å². The number of nitrogens with one attached hydrogen (secondary N) is 1. The molecule has 116 valence electrons. The fourth-order valence-electron chi connectivity index (χ4n) is 4.10. The third kappa shape index (κ3) is 3.97. The predicted molar refractivity (Wildman–Crippen MR) is 83.4 cm³/mol. The molecule has 20 heavy (non-hydrogen) atoms.